The first-order valence-electron chi connectivity index (χ1n) is 5.57. The van der Waals surface area contributed by atoms with Crippen LogP contribution in [0.3, 0.4) is 0 Å². The van der Waals surface area contributed by atoms with Crippen LogP contribution in [0.5, 0.6) is 0 Å². The van der Waals surface area contributed by atoms with E-state index in [0.717, 1.165) is 0 Å². The van der Waals surface area contributed by atoms with Crippen LogP contribution in [-0.2, 0) is 4.74 Å². The molecule has 0 saturated carbocycles. The third kappa shape index (κ3) is 2.01. The Labute approximate surface area is 103 Å². The van der Waals surface area contributed by atoms with Gasteiger partial charge in [0.25, 0.3) is 5.56 Å². The molecule has 0 amide bonds. The van der Waals surface area contributed by atoms with Gasteiger partial charge in [-0.25, -0.2) is 0 Å². The summed E-state index contributed by atoms with van der Waals surface area (Å²) in [6, 6.07) is 1.51. The summed E-state index contributed by atoms with van der Waals surface area (Å²) >= 11 is 0. The second-order valence-electron chi connectivity index (χ2n) is 4.41. The smallest absolute Gasteiger partial charge is 0.255 e. The number of aliphatic hydroxyl groups is 3. The van der Waals surface area contributed by atoms with Gasteiger partial charge in [0.1, 0.15) is 30.2 Å². The van der Waals surface area contributed by atoms with E-state index in [0.29, 0.717) is 5.56 Å². The quantitative estimate of drug-likeness (QED) is 0.434. The molecule has 7 nitrogen and oxygen atoms in total. The van der Waals surface area contributed by atoms with E-state index in [4.69, 9.17) is 15.6 Å². The lowest BCUT2D eigenvalue weighted by Gasteiger charge is -2.15. The number of nitrogens with one attached hydrogen (secondary N) is 1. The van der Waals surface area contributed by atoms with Gasteiger partial charge in [-0.05, 0) is 18.6 Å². The van der Waals surface area contributed by atoms with Gasteiger partial charge in [0.15, 0.2) is 0 Å². The summed E-state index contributed by atoms with van der Waals surface area (Å²) in [4.78, 5) is 14.2. The highest BCUT2D eigenvalue weighted by atomic mass is 16.6. The monoisotopic (exact) mass is 256 g/mol. The molecule has 0 bridgehead atoms. The highest BCUT2D eigenvalue weighted by molar-refractivity contribution is 5.40. The maximum absolute atomic E-state index is 11.8. The lowest BCUT2D eigenvalue weighted by molar-refractivity contribution is -0.0231. The van der Waals surface area contributed by atoms with Gasteiger partial charge in [-0.1, -0.05) is 0 Å². The summed E-state index contributed by atoms with van der Waals surface area (Å²) < 4.78 is 5.29. The van der Waals surface area contributed by atoms with Crippen LogP contribution < -0.4 is 11.3 Å². The molecule has 1 aromatic rings. The molecule has 1 aliphatic rings. The van der Waals surface area contributed by atoms with E-state index in [1.807, 2.05) is 0 Å². The SMILES string of the molecule is Cc1cc(C2OC(CO)C(O)C2O)c(=O)[nH]c1N. The minimum absolute atomic E-state index is 0.184. The fourth-order valence-electron chi connectivity index (χ4n) is 2.04. The Balaban J connectivity index is 2.39. The molecule has 1 saturated heterocycles. The predicted octanol–water partition coefficient (Wildman–Crippen LogP) is -1.58. The van der Waals surface area contributed by atoms with Gasteiger partial charge in [0.05, 0.1) is 6.61 Å². The van der Waals surface area contributed by atoms with Crippen LogP contribution in [0.2, 0.25) is 0 Å². The van der Waals surface area contributed by atoms with Crippen LogP contribution in [0.25, 0.3) is 0 Å². The maximum Gasteiger partial charge on any atom is 0.255 e. The summed E-state index contributed by atoms with van der Waals surface area (Å²) in [5.41, 5.74) is 5.90. The molecule has 0 spiro atoms. The molecule has 1 fully saturated rings. The lowest BCUT2D eigenvalue weighted by atomic mass is 10.0. The number of H-pyrrole nitrogens is 1. The lowest BCUT2D eigenvalue weighted by Crippen LogP contribution is -2.33. The summed E-state index contributed by atoms with van der Waals surface area (Å²) in [6.07, 6.45) is -4.36. The van der Waals surface area contributed by atoms with Crippen LogP contribution in [0.15, 0.2) is 10.9 Å². The highest BCUT2D eigenvalue weighted by Gasteiger charge is 2.44. The molecule has 6 N–H and O–H groups in total. The standard InChI is InChI=1S/C11H16N2O5/c1-4-2-5(11(17)13-10(4)12)9-8(16)7(15)6(3-14)18-9/h2,6-9,14-16H,3H2,1H3,(H3,12,13,17). The molecule has 1 aromatic heterocycles. The van der Waals surface area contributed by atoms with Crippen molar-refractivity contribution >= 4 is 5.82 Å². The van der Waals surface area contributed by atoms with Crippen molar-refractivity contribution in [3.63, 3.8) is 0 Å². The number of rotatable bonds is 2. The van der Waals surface area contributed by atoms with Gasteiger partial charge >= 0.3 is 0 Å². The highest BCUT2D eigenvalue weighted by Crippen LogP contribution is 2.32. The van der Waals surface area contributed by atoms with Crippen LogP contribution >= 0.6 is 0 Å². The molecule has 0 aromatic carbocycles. The molecule has 18 heavy (non-hydrogen) atoms. The number of aromatic nitrogens is 1. The molecule has 2 rings (SSSR count). The number of pyridine rings is 1. The van der Waals surface area contributed by atoms with Gasteiger partial charge < -0.3 is 30.8 Å². The van der Waals surface area contributed by atoms with Crippen LogP contribution in [0, 0.1) is 6.92 Å². The van der Waals surface area contributed by atoms with Crippen molar-refractivity contribution < 1.29 is 20.1 Å². The van der Waals surface area contributed by atoms with E-state index in [-0.39, 0.29) is 11.4 Å². The van der Waals surface area contributed by atoms with Crippen molar-refractivity contribution in [2.24, 2.45) is 0 Å². The minimum atomic E-state index is -1.26. The number of ether oxygens (including phenoxy) is 1. The molecule has 0 aliphatic carbocycles. The van der Waals surface area contributed by atoms with Gasteiger partial charge in [-0.3, -0.25) is 4.79 Å². The maximum atomic E-state index is 11.8. The van der Waals surface area contributed by atoms with Crippen molar-refractivity contribution in [3.05, 3.63) is 27.5 Å². The fraction of sp³-hybridized carbons (Fsp3) is 0.545. The molecule has 4 unspecified atom stereocenters. The van der Waals surface area contributed by atoms with Crippen molar-refractivity contribution in [2.45, 2.75) is 31.3 Å². The number of aryl methyl sites for hydroxylation is 1. The van der Waals surface area contributed by atoms with Crippen molar-refractivity contribution in [1.82, 2.24) is 4.98 Å². The summed E-state index contributed by atoms with van der Waals surface area (Å²) in [5.74, 6) is 0.246. The molecule has 1 aliphatic heterocycles. The minimum Gasteiger partial charge on any atom is -0.394 e. The first kappa shape index (κ1) is 13.0. The third-order valence-electron chi connectivity index (χ3n) is 3.16. The second kappa shape index (κ2) is 4.69. The van der Waals surface area contributed by atoms with Crippen LogP contribution in [-0.4, -0.2) is 45.2 Å². The number of anilines is 1. The van der Waals surface area contributed by atoms with Gasteiger partial charge in [0, 0.05) is 5.56 Å². The number of nitrogens with two attached hydrogens (primary N) is 1. The zero-order valence-electron chi connectivity index (χ0n) is 9.83. The van der Waals surface area contributed by atoms with E-state index < -0.39 is 36.6 Å². The topological polar surface area (TPSA) is 129 Å². The zero-order chi connectivity index (χ0) is 13.4. The molecule has 2 heterocycles. The molecule has 100 valence electrons. The average Bonchev–Trinajstić information content (AvgIpc) is 2.61. The first-order chi connectivity index (χ1) is 8.45. The number of aliphatic hydroxyl groups excluding tert-OH is 3. The van der Waals surface area contributed by atoms with E-state index in [9.17, 15) is 15.0 Å². The molecular weight excluding hydrogens is 240 g/mol. The Morgan fingerprint density at radius 3 is 2.67 bits per heavy atom. The predicted molar refractivity (Wildman–Crippen MR) is 62.9 cm³/mol. The summed E-state index contributed by atoms with van der Waals surface area (Å²) in [7, 11) is 0. The fourth-order valence-corrected chi connectivity index (χ4v) is 2.04. The zero-order valence-corrected chi connectivity index (χ0v) is 9.83. The number of hydrogen-bond acceptors (Lipinski definition) is 6. The Hall–Kier alpha value is -1.41. The van der Waals surface area contributed by atoms with Crippen LogP contribution in [0.4, 0.5) is 5.82 Å². The van der Waals surface area contributed by atoms with E-state index in [2.05, 4.69) is 4.98 Å². The molecule has 7 heteroatoms. The number of aromatic amines is 1. The average molecular weight is 256 g/mol. The van der Waals surface area contributed by atoms with Gasteiger partial charge in [0.2, 0.25) is 0 Å². The second-order valence-corrected chi connectivity index (χ2v) is 4.41. The third-order valence-corrected chi connectivity index (χ3v) is 3.16. The Morgan fingerprint density at radius 2 is 2.11 bits per heavy atom. The Bertz CT molecular complexity index is 501. The van der Waals surface area contributed by atoms with Crippen molar-refractivity contribution in [2.75, 3.05) is 12.3 Å². The Kier molecular flexibility index (Phi) is 3.40. The van der Waals surface area contributed by atoms with Crippen molar-refractivity contribution in [1.29, 1.82) is 0 Å². The van der Waals surface area contributed by atoms with E-state index in [1.54, 1.807) is 6.92 Å². The van der Waals surface area contributed by atoms with E-state index in [1.165, 1.54) is 6.07 Å². The normalized spacial score (nSPS) is 31.8. The van der Waals surface area contributed by atoms with Gasteiger partial charge in [-0.15, -0.1) is 0 Å². The molecule has 4 atom stereocenters. The molecule has 0 radical (unpaired) electrons. The first-order valence-corrected chi connectivity index (χ1v) is 5.57. The van der Waals surface area contributed by atoms with Gasteiger partial charge in [-0.2, -0.15) is 0 Å². The Morgan fingerprint density at radius 1 is 1.44 bits per heavy atom. The summed E-state index contributed by atoms with van der Waals surface area (Å²) in [5, 5.41) is 28.4. The van der Waals surface area contributed by atoms with E-state index >= 15 is 0 Å². The largest absolute Gasteiger partial charge is 0.394 e. The summed E-state index contributed by atoms with van der Waals surface area (Å²) in [6.45, 7) is 1.27. The number of hydrogen-bond donors (Lipinski definition) is 5. The molecular formula is C11H16N2O5. The van der Waals surface area contributed by atoms with Crippen LogP contribution in [0.1, 0.15) is 17.2 Å². The van der Waals surface area contributed by atoms with Crippen molar-refractivity contribution in [3.8, 4) is 0 Å². The number of nitrogen functional groups attached to an aromatic ring is 1.